The number of hydrogen-bond acceptors (Lipinski definition) is 5. The quantitative estimate of drug-likeness (QED) is 0.530. The summed E-state index contributed by atoms with van der Waals surface area (Å²) in [5.41, 5.74) is 13.4. The molecule has 0 bridgehead atoms. The van der Waals surface area contributed by atoms with Gasteiger partial charge in [-0.2, -0.15) is 0 Å². The Bertz CT molecular complexity index is 729. The van der Waals surface area contributed by atoms with Gasteiger partial charge in [0.1, 0.15) is 5.75 Å². The Hall–Kier alpha value is -2.90. The molecule has 0 spiro atoms. The van der Waals surface area contributed by atoms with Gasteiger partial charge in [0.05, 0.1) is 6.17 Å². The van der Waals surface area contributed by atoms with Crippen LogP contribution in [0.15, 0.2) is 48.5 Å². The minimum Gasteiger partial charge on any atom is -0.482 e. The molecule has 0 unspecified atom stereocenters. The number of nitrogens with one attached hydrogen (secondary N) is 1. The number of benzene rings is 2. The van der Waals surface area contributed by atoms with Crippen LogP contribution in [0.5, 0.6) is 5.75 Å². The molecule has 25 heavy (non-hydrogen) atoms. The van der Waals surface area contributed by atoms with Gasteiger partial charge in [-0.3, -0.25) is 4.79 Å². The zero-order chi connectivity index (χ0) is 18.2. The second-order valence-corrected chi connectivity index (χ2v) is 5.45. The van der Waals surface area contributed by atoms with Gasteiger partial charge in [-0.05, 0) is 35.7 Å². The first-order valence-corrected chi connectivity index (χ1v) is 7.79. The summed E-state index contributed by atoms with van der Waals surface area (Å²) >= 11 is 0. The molecule has 0 aliphatic heterocycles. The van der Waals surface area contributed by atoms with Crippen molar-refractivity contribution in [1.82, 2.24) is 5.32 Å². The molecule has 0 saturated heterocycles. The number of aliphatic carboxylic acids is 1. The number of hydrogen-bond donors (Lipinski definition) is 4. The number of carboxylic acids is 1. The second-order valence-electron chi connectivity index (χ2n) is 5.45. The standard InChI is InChI=1S/C18H21N3O4/c19-17(20)14-3-1-2-4-15(14)18(24)21-10-9-12-5-7-13(8-6-12)25-11-16(22)23/h1-8,17H,9-11,19-20H2,(H,21,24)(H,22,23). The Balaban J connectivity index is 1.86. The number of ether oxygens (including phenoxy) is 1. The largest absolute Gasteiger partial charge is 0.482 e. The molecular weight excluding hydrogens is 322 g/mol. The van der Waals surface area contributed by atoms with Crippen molar-refractivity contribution in [3.05, 3.63) is 65.2 Å². The Morgan fingerprint density at radius 1 is 1.08 bits per heavy atom. The topological polar surface area (TPSA) is 128 Å². The van der Waals surface area contributed by atoms with E-state index in [1.54, 1.807) is 36.4 Å². The van der Waals surface area contributed by atoms with Crippen molar-refractivity contribution >= 4 is 11.9 Å². The predicted molar refractivity (Wildman–Crippen MR) is 93.2 cm³/mol. The maximum atomic E-state index is 12.3. The summed E-state index contributed by atoms with van der Waals surface area (Å²) < 4.78 is 5.07. The molecule has 0 aromatic heterocycles. The third kappa shape index (κ3) is 5.59. The number of carboxylic acid groups (broad SMARTS) is 1. The van der Waals surface area contributed by atoms with Crippen molar-refractivity contribution < 1.29 is 19.4 Å². The van der Waals surface area contributed by atoms with Crippen LogP contribution >= 0.6 is 0 Å². The highest BCUT2D eigenvalue weighted by Crippen LogP contribution is 2.14. The molecular formula is C18H21N3O4. The number of carbonyl (C=O) groups excluding carboxylic acids is 1. The van der Waals surface area contributed by atoms with Gasteiger partial charge in [0, 0.05) is 12.1 Å². The summed E-state index contributed by atoms with van der Waals surface area (Å²) in [6.07, 6.45) is -0.0813. The summed E-state index contributed by atoms with van der Waals surface area (Å²) in [6, 6.07) is 14.0. The molecule has 0 atom stereocenters. The van der Waals surface area contributed by atoms with Gasteiger partial charge in [-0.15, -0.1) is 0 Å². The van der Waals surface area contributed by atoms with E-state index in [4.69, 9.17) is 21.3 Å². The zero-order valence-corrected chi connectivity index (χ0v) is 13.6. The van der Waals surface area contributed by atoms with Crippen LogP contribution in [-0.2, 0) is 11.2 Å². The van der Waals surface area contributed by atoms with Gasteiger partial charge in [-0.25, -0.2) is 4.79 Å². The SMILES string of the molecule is NC(N)c1ccccc1C(=O)NCCc1ccc(OCC(=O)O)cc1. The molecule has 1 amide bonds. The molecule has 132 valence electrons. The molecule has 7 heteroatoms. The van der Waals surface area contributed by atoms with E-state index >= 15 is 0 Å². The average molecular weight is 343 g/mol. The van der Waals surface area contributed by atoms with Gasteiger partial charge in [0.15, 0.2) is 6.61 Å². The van der Waals surface area contributed by atoms with E-state index in [2.05, 4.69) is 5.32 Å². The first-order chi connectivity index (χ1) is 12.0. The highest BCUT2D eigenvalue weighted by atomic mass is 16.5. The highest BCUT2D eigenvalue weighted by Gasteiger charge is 2.13. The van der Waals surface area contributed by atoms with Crippen LogP contribution in [0.4, 0.5) is 0 Å². The summed E-state index contributed by atoms with van der Waals surface area (Å²) in [5.74, 6) is -0.761. The van der Waals surface area contributed by atoms with E-state index in [0.717, 1.165) is 5.56 Å². The number of carbonyl (C=O) groups is 2. The van der Waals surface area contributed by atoms with E-state index in [9.17, 15) is 9.59 Å². The van der Waals surface area contributed by atoms with E-state index in [1.807, 2.05) is 12.1 Å². The molecule has 7 nitrogen and oxygen atoms in total. The molecule has 0 radical (unpaired) electrons. The summed E-state index contributed by atoms with van der Waals surface area (Å²) in [6.45, 7) is 0.0698. The third-order valence-corrected chi connectivity index (χ3v) is 3.55. The van der Waals surface area contributed by atoms with Gasteiger partial charge in [-0.1, -0.05) is 30.3 Å². The lowest BCUT2D eigenvalue weighted by molar-refractivity contribution is -0.139. The van der Waals surface area contributed by atoms with Crippen molar-refractivity contribution in [3.8, 4) is 5.75 Å². The Morgan fingerprint density at radius 2 is 1.76 bits per heavy atom. The maximum Gasteiger partial charge on any atom is 0.341 e. The highest BCUT2D eigenvalue weighted by molar-refractivity contribution is 5.95. The van der Waals surface area contributed by atoms with Gasteiger partial charge in [0.25, 0.3) is 5.91 Å². The maximum absolute atomic E-state index is 12.3. The van der Waals surface area contributed by atoms with Crippen molar-refractivity contribution in [1.29, 1.82) is 0 Å². The van der Waals surface area contributed by atoms with Crippen LogP contribution in [-0.4, -0.2) is 30.1 Å². The first kappa shape index (κ1) is 18.4. The molecule has 6 N–H and O–H groups in total. The second kappa shape index (κ2) is 8.81. The van der Waals surface area contributed by atoms with Crippen LogP contribution in [0.1, 0.15) is 27.7 Å². The van der Waals surface area contributed by atoms with Crippen molar-refractivity contribution in [2.24, 2.45) is 11.5 Å². The lowest BCUT2D eigenvalue weighted by atomic mass is 10.0. The first-order valence-electron chi connectivity index (χ1n) is 7.79. The van der Waals surface area contributed by atoms with Crippen LogP contribution in [0, 0.1) is 0 Å². The summed E-state index contributed by atoms with van der Waals surface area (Å²) in [7, 11) is 0. The van der Waals surface area contributed by atoms with Crippen molar-refractivity contribution in [3.63, 3.8) is 0 Å². The van der Waals surface area contributed by atoms with Gasteiger partial charge in [0.2, 0.25) is 0 Å². The molecule has 0 aliphatic carbocycles. The monoisotopic (exact) mass is 343 g/mol. The van der Waals surface area contributed by atoms with Crippen LogP contribution in [0.3, 0.4) is 0 Å². The summed E-state index contributed by atoms with van der Waals surface area (Å²) in [4.78, 5) is 22.7. The molecule has 2 aromatic carbocycles. The van der Waals surface area contributed by atoms with Crippen LogP contribution in [0.2, 0.25) is 0 Å². The van der Waals surface area contributed by atoms with Crippen molar-refractivity contribution in [2.45, 2.75) is 12.6 Å². The molecule has 0 heterocycles. The smallest absolute Gasteiger partial charge is 0.341 e. The van der Waals surface area contributed by atoms with E-state index in [-0.39, 0.29) is 12.5 Å². The fourth-order valence-electron chi connectivity index (χ4n) is 2.31. The lowest BCUT2D eigenvalue weighted by Gasteiger charge is -2.12. The Kier molecular flexibility index (Phi) is 6.50. The number of amides is 1. The molecule has 2 rings (SSSR count). The predicted octanol–water partition coefficient (Wildman–Crippen LogP) is 1.04. The Labute approximate surface area is 145 Å². The van der Waals surface area contributed by atoms with Gasteiger partial charge < -0.3 is 26.6 Å². The van der Waals surface area contributed by atoms with E-state index < -0.39 is 12.1 Å². The normalized spacial score (nSPS) is 10.5. The van der Waals surface area contributed by atoms with Crippen molar-refractivity contribution in [2.75, 3.05) is 13.2 Å². The molecule has 2 aromatic rings. The third-order valence-electron chi connectivity index (χ3n) is 3.55. The molecule has 0 saturated carbocycles. The van der Waals surface area contributed by atoms with E-state index in [1.165, 1.54) is 0 Å². The minimum atomic E-state index is -1.02. The number of rotatable bonds is 8. The zero-order valence-electron chi connectivity index (χ0n) is 13.6. The molecule has 0 fully saturated rings. The average Bonchev–Trinajstić information content (AvgIpc) is 2.60. The minimum absolute atomic E-state index is 0.224. The van der Waals surface area contributed by atoms with Gasteiger partial charge >= 0.3 is 5.97 Å². The van der Waals surface area contributed by atoms with Crippen LogP contribution < -0.4 is 21.5 Å². The Morgan fingerprint density at radius 3 is 2.40 bits per heavy atom. The fourth-order valence-corrected chi connectivity index (χ4v) is 2.31. The number of nitrogens with two attached hydrogens (primary N) is 2. The summed E-state index contributed by atoms with van der Waals surface area (Å²) in [5, 5.41) is 11.4. The van der Waals surface area contributed by atoms with Crippen LogP contribution in [0.25, 0.3) is 0 Å². The fraction of sp³-hybridized carbons (Fsp3) is 0.222. The molecule has 0 aliphatic rings. The lowest BCUT2D eigenvalue weighted by Crippen LogP contribution is -2.29. The van der Waals surface area contributed by atoms with E-state index in [0.29, 0.717) is 29.8 Å².